The first kappa shape index (κ1) is 11.0. The third-order valence-electron chi connectivity index (χ3n) is 2.90. The van der Waals surface area contributed by atoms with Gasteiger partial charge in [-0.2, -0.15) is 0 Å². The Hall–Kier alpha value is -0.450. The van der Waals surface area contributed by atoms with E-state index in [0.29, 0.717) is 12.5 Å². The van der Waals surface area contributed by atoms with Crippen molar-refractivity contribution in [3.8, 4) is 0 Å². The summed E-state index contributed by atoms with van der Waals surface area (Å²) in [5, 5.41) is 1.05. The van der Waals surface area contributed by atoms with Crippen LogP contribution in [0.15, 0.2) is 0 Å². The van der Waals surface area contributed by atoms with Gasteiger partial charge >= 0.3 is 0 Å². The van der Waals surface area contributed by atoms with Crippen molar-refractivity contribution in [1.82, 2.24) is 4.98 Å². The molecule has 0 spiro atoms. The molecule has 0 atom stereocenters. The fourth-order valence-corrected chi connectivity index (χ4v) is 2.64. The van der Waals surface area contributed by atoms with Gasteiger partial charge in [-0.3, -0.25) is 0 Å². The predicted octanol–water partition coefficient (Wildman–Crippen LogP) is 2.36. The van der Waals surface area contributed by atoms with Gasteiger partial charge in [0.15, 0.2) is 0 Å². The third-order valence-corrected chi connectivity index (χ3v) is 4.30. The normalized spacial score (nSPS) is 17.1. The zero-order chi connectivity index (χ0) is 11.1. The number of aromatic nitrogens is 1. The van der Waals surface area contributed by atoms with Crippen LogP contribution >= 0.6 is 11.3 Å². The zero-order valence-electron chi connectivity index (χ0n) is 9.54. The van der Waals surface area contributed by atoms with E-state index in [-0.39, 0.29) is 5.60 Å². The Kier molecular flexibility index (Phi) is 2.83. The van der Waals surface area contributed by atoms with Crippen molar-refractivity contribution in [1.29, 1.82) is 0 Å². The van der Waals surface area contributed by atoms with Gasteiger partial charge in [-0.15, -0.1) is 11.3 Å². The third kappa shape index (κ3) is 2.07. The predicted molar refractivity (Wildman–Crippen MR) is 62.0 cm³/mol. The van der Waals surface area contributed by atoms with Crippen molar-refractivity contribution in [3.05, 3.63) is 15.6 Å². The Morgan fingerprint density at radius 3 is 2.67 bits per heavy atom. The van der Waals surface area contributed by atoms with Gasteiger partial charge < -0.3 is 10.5 Å². The summed E-state index contributed by atoms with van der Waals surface area (Å²) in [6.45, 7) is 4.69. The first-order valence-electron chi connectivity index (χ1n) is 5.33. The second kappa shape index (κ2) is 3.85. The van der Waals surface area contributed by atoms with Crippen LogP contribution in [0.4, 0.5) is 0 Å². The first-order valence-corrected chi connectivity index (χ1v) is 6.15. The Labute approximate surface area is 94.7 Å². The minimum absolute atomic E-state index is 0.290. The van der Waals surface area contributed by atoms with E-state index in [1.165, 1.54) is 23.4 Å². The topological polar surface area (TPSA) is 48.1 Å². The standard InChI is InChI=1S/C11H18N2OS/c1-11(2,14-3)10-13-9(7-4-5-7)8(6-12)15-10/h7H,4-6,12H2,1-3H3. The van der Waals surface area contributed by atoms with E-state index in [0.717, 1.165) is 5.01 Å². The lowest BCUT2D eigenvalue weighted by molar-refractivity contribution is 0.0189. The summed E-state index contributed by atoms with van der Waals surface area (Å²) in [6.07, 6.45) is 2.53. The molecule has 1 aromatic heterocycles. The van der Waals surface area contributed by atoms with Gasteiger partial charge in [-0.1, -0.05) is 0 Å². The lowest BCUT2D eigenvalue weighted by Crippen LogP contribution is -2.19. The molecule has 0 saturated heterocycles. The molecule has 1 fully saturated rings. The summed E-state index contributed by atoms with van der Waals surface area (Å²) < 4.78 is 5.44. The summed E-state index contributed by atoms with van der Waals surface area (Å²) >= 11 is 1.70. The number of nitrogens with zero attached hydrogens (tertiary/aromatic N) is 1. The first-order chi connectivity index (χ1) is 7.08. The molecule has 4 heteroatoms. The molecule has 1 heterocycles. The van der Waals surface area contributed by atoms with Gasteiger partial charge in [-0.05, 0) is 26.7 Å². The highest BCUT2D eigenvalue weighted by molar-refractivity contribution is 7.11. The molecule has 2 N–H and O–H groups in total. The Bertz CT molecular complexity index is 355. The number of thiazole rings is 1. The minimum atomic E-state index is -0.290. The molecule has 1 aliphatic carbocycles. The molecular formula is C11H18N2OS. The number of nitrogens with two attached hydrogens (primary N) is 1. The van der Waals surface area contributed by atoms with Crippen LogP contribution in [0.2, 0.25) is 0 Å². The van der Waals surface area contributed by atoms with E-state index < -0.39 is 0 Å². The highest BCUT2D eigenvalue weighted by Crippen LogP contribution is 2.44. The van der Waals surface area contributed by atoms with Crippen molar-refractivity contribution < 1.29 is 4.74 Å². The Morgan fingerprint density at radius 1 is 1.53 bits per heavy atom. The van der Waals surface area contributed by atoms with E-state index in [9.17, 15) is 0 Å². The number of ether oxygens (including phenoxy) is 1. The van der Waals surface area contributed by atoms with Crippen molar-refractivity contribution in [2.24, 2.45) is 5.73 Å². The molecule has 0 bridgehead atoms. The van der Waals surface area contributed by atoms with Crippen molar-refractivity contribution in [2.75, 3.05) is 7.11 Å². The second-order valence-electron chi connectivity index (χ2n) is 4.52. The highest BCUT2D eigenvalue weighted by atomic mass is 32.1. The molecule has 0 unspecified atom stereocenters. The van der Waals surface area contributed by atoms with E-state index in [2.05, 4.69) is 0 Å². The van der Waals surface area contributed by atoms with Crippen LogP contribution in [0.3, 0.4) is 0 Å². The fraction of sp³-hybridized carbons (Fsp3) is 0.727. The quantitative estimate of drug-likeness (QED) is 0.857. The Morgan fingerprint density at radius 2 is 2.20 bits per heavy atom. The van der Waals surface area contributed by atoms with E-state index in [4.69, 9.17) is 15.5 Å². The molecule has 84 valence electrons. The van der Waals surface area contributed by atoms with Crippen molar-refractivity contribution >= 4 is 11.3 Å². The van der Waals surface area contributed by atoms with E-state index in [1.54, 1.807) is 18.4 Å². The average Bonchev–Trinajstić information content (AvgIpc) is 2.97. The summed E-state index contributed by atoms with van der Waals surface area (Å²) in [6, 6.07) is 0. The van der Waals surface area contributed by atoms with Gasteiger partial charge in [0.25, 0.3) is 0 Å². The fourth-order valence-electron chi connectivity index (χ4n) is 1.53. The SMILES string of the molecule is COC(C)(C)c1nc(C2CC2)c(CN)s1. The monoisotopic (exact) mass is 226 g/mol. The molecule has 1 aromatic rings. The lowest BCUT2D eigenvalue weighted by atomic mass is 10.1. The molecule has 0 amide bonds. The molecule has 1 saturated carbocycles. The maximum absolute atomic E-state index is 5.74. The molecule has 0 aliphatic heterocycles. The van der Waals surface area contributed by atoms with Gasteiger partial charge in [0.2, 0.25) is 0 Å². The maximum Gasteiger partial charge on any atom is 0.125 e. The van der Waals surface area contributed by atoms with Crippen molar-refractivity contribution in [2.45, 2.75) is 44.8 Å². The average molecular weight is 226 g/mol. The van der Waals surface area contributed by atoms with Crippen LogP contribution in [0.5, 0.6) is 0 Å². The van der Waals surface area contributed by atoms with E-state index in [1.807, 2.05) is 13.8 Å². The molecule has 3 nitrogen and oxygen atoms in total. The molecule has 0 aromatic carbocycles. The Balaban J connectivity index is 2.33. The van der Waals surface area contributed by atoms with Crippen LogP contribution in [-0.2, 0) is 16.9 Å². The largest absolute Gasteiger partial charge is 0.372 e. The summed E-state index contributed by atoms with van der Waals surface area (Å²) in [5.41, 5.74) is 6.68. The van der Waals surface area contributed by atoms with Gasteiger partial charge in [0.1, 0.15) is 10.6 Å². The molecule has 15 heavy (non-hydrogen) atoms. The number of rotatable bonds is 4. The van der Waals surface area contributed by atoms with E-state index >= 15 is 0 Å². The van der Waals surface area contributed by atoms with Crippen LogP contribution in [0.25, 0.3) is 0 Å². The summed E-state index contributed by atoms with van der Waals surface area (Å²) in [5.74, 6) is 0.668. The van der Waals surface area contributed by atoms with Crippen LogP contribution < -0.4 is 5.73 Å². The number of hydrogen-bond donors (Lipinski definition) is 1. The number of methoxy groups -OCH3 is 1. The van der Waals surface area contributed by atoms with Crippen LogP contribution in [-0.4, -0.2) is 12.1 Å². The van der Waals surface area contributed by atoms with Gasteiger partial charge in [0.05, 0.1) is 5.69 Å². The minimum Gasteiger partial charge on any atom is -0.372 e. The van der Waals surface area contributed by atoms with Crippen LogP contribution in [0, 0.1) is 0 Å². The molecule has 2 rings (SSSR count). The van der Waals surface area contributed by atoms with Crippen molar-refractivity contribution in [3.63, 3.8) is 0 Å². The maximum atomic E-state index is 5.74. The van der Waals surface area contributed by atoms with Gasteiger partial charge in [-0.25, -0.2) is 4.98 Å². The highest BCUT2D eigenvalue weighted by Gasteiger charge is 2.32. The zero-order valence-corrected chi connectivity index (χ0v) is 10.4. The molecule has 0 radical (unpaired) electrons. The number of hydrogen-bond acceptors (Lipinski definition) is 4. The molecular weight excluding hydrogens is 208 g/mol. The lowest BCUT2D eigenvalue weighted by Gasteiger charge is -2.19. The van der Waals surface area contributed by atoms with Crippen LogP contribution in [0.1, 0.15) is 48.2 Å². The smallest absolute Gasteiger partial charge is 0.125 e. The second-order valence-corrected chi connectivity index (χ2v) is 5.60. The summed E-state index contributed by atoms with van der Waals surface area (Å²) in [4.78, 5) is 5.93. The summed E-state index contributed by atoms with van der Waals surface area (Å²) in [7, 11) is 1.72. The molecule has 1 aliphatic rings. The van der Waals surface area contributed by atoms with Gasteiger partial charge in [0, 0.05) is 24.4 Å².